The summed E-state index contributed by atoms with van der Waals surface area (Å²) >= 11 is 6.21. The van der Waals surface area contributed by atoms with Gasteiger partial charge in [-0.05, 0) is 80.7 Å². The number of amides is 1. The number of hydrogen-bond acceptors (Lipinski definition) is 4. The van der Waals surface area contributed by atoms with E-state index in [1.165, 1.54) is 36.6 Å². The van der Waals surface area contributed by atoms with Crippen molar-refractivity contribution in [2.75, 3.05) is 17.8 Å². The third-order valence-electron chi connectivity index (χ3n) is 6.19. The minimum atomic E-state index is -3.98. The number of nitrogens with zero attached hydrogens (tertiary/aromatic N) is 1. The number of carbonyl (C=O) groups excluding carboxylic acids is 1. The second-order valence-corrected chi connectivity index (χ2v) is 11.1. The van der Waals surface area contributed by atoms with Gasteiger partial charge in [0.15, 0.2) is 0 Å². The van der Waals surface area contributed by atoms with Crippen LogP contribution in [-0.2, 0) is 23.1 Å². The monoisotopic (exact) mass is 511 g/mol. The van der Waals surface area contributed by atoms with E-state index in [4.69, 9.17) is 11.6 Å². The molecule has 1 fully saturated rings. The molecule has 0 spiro atoms. The maximum atomic E-state index is 13.0. The molecule has 0 atom stereocenters. The fourth-order valence-corrected chi connectivity index (χ4v) is 5.88. The lowest BCUT2D eigenvalue weighted by atomic mass is 10.1. The van der Waals surface area contributed by atoms with Gasteiger partial charge in [0, 0.05) is 18.7 Å². The van der Waals surface area contributed by atoms with Crippen LogP contribution in [0.15, 0.2) is 65.6 Å². The third kappa shape index (κ3) is 6.42. The second kappa shape index (κ2) is 10.8. The fourth-order valence-electron chi connectivity index (χ4n) is 4.22. The van der Waals surface area contributed by atoms with Gasteiger partial charge in [-0.15, -0.1) is 0 Å². The molecular formula is C27H30ClN3O3S. The molecule has 0 saturated carbocycles. The van der Waals surface area contributed by atoms with E-state index in [2.05, 4.69) is 27.1 Å². The van der Waals surface area contributed by atoms with E-state index in [1.807, 2.05) is 38.1 Å². The highest BCUT2D eigenvalue weighted by Crippen LogP contribution is 2.27. The summed E-state index contributed by atoms with van der Waals surface area (Å²) in [5.74, 6) is -0.370. The Bertz CT molecular complexity index is 1320. The van der Waals surface area contributed by atoms with E-state index in [1.54, 1.807) is 6.07 Å². The smallest absolute Gasteiger partial charge is 0.263 e. The van der Waals surface area contributed by atoms with E-state index >= 15 is 0 Å². The van der Waals surface area contributed by atoms with E-state index < -0.39 is 10.0 Å². The predicted octanol–water partition coefficient (Wildman–Crippen LogP) is 5.28. The quantitative estimate of drug-likeness (QED) is 0.431. The Labute approximate surface area is 212 Å². The molecule has 3 aromatic carbocycles. The fraction of sp³-hybridized carbons (Fsp3) is 0.296. The summed E-state index contributed by atoms with van der Waals surface area (Å²) in [5, 5.41) is 2.91. The topological polar surface area (TPSA) is 78.5 Å². The van der Waals surface area contributed by atoms with Crippen LogP contribution in [0, 0.1) is 13.8 Å². The SMILES string of the molecule is Cc1ccc(NS(=O)(=O)c2cc(C(=O)NCc3ccc(CN4CCCC4)cc3)ccc2Cl)c(C)c1. The summed E-state index contributed by atoms with van der Waals surface area (Å²) in [6, 6.07) is 17.9. The normalized spacial score (nSPS) is 14.1. The average Bonchev–Trinajstić information content (AvgIpc) is 3.33. The number of likely N-dealkylation sites (tertiary alicyclic amines) is 1. The lowest BCUT2D eigenvalue weighted by molar-refractivity contribution is 0.0950. The first-order valence-corrected chi connectivity index (χ1v) is 13.6. The summed E-state index contributed by atoms with van der Waals surface area (Å²) in [4.78, 5) is 15.1. The van der Waals surface area contributed by atoms with Gasteiger partial charge in [-0.25, -0.2) is 8.42 Å². The minimum absolute atomic E-state index is 0.0485. The summed E-state index contributed by atoms with van der Waals surface area (Å²) in [7, 11) is -3.98. The predicted molar refractivity (Wildman–Crippen MR) is 140 cm³/mol. The Morgan fingerprint density at radius 3 is 2.31 bits per heavy atom. The molecule has 0 radical (unpaired) electrons. The van der Waals surface area contributed by atoms with Crippen LogP contribution in [0.25, 0.3) is 0 Å². The Hall–Kier alpha value is -2.87. The Balaban J connectivity index is 1.42. The maximum absolute atomic E-state index is 13.0. The number of carbonyl (C=O) groups is 1. The van der Waals surface area contributed by atoms with Crippen LogP contribution in [0.4, 0.5) is 5.69 Å². The summed E-state index contributed by atoms with van der Waals surface area (Å²) < 4.78 is 28.7. The lowest BCUT2D eigenvalue weighted by Crippen LogP contribution is -2.23. The van der Waals surface area contributed by atoms with Gasteiger partial charge in [0.1, 0.15) is 4.90 Å². The first kappa shape index (κ1) is 25.2. The van der Waals surface area contributed by atoms with Gasteiger partial charge < -0.3 is 5.32 Å². The first-order valence-electron chi connectivity index (χ1n) is 11.7. The second-order valence-electron chi connectivity index (χ2n) is 9.05. The van der Waals surface area contributed by atoms with Crippen molar-refractivity contribution in [1.82, 2.24) is 10.2 Å². The zero-order valence-electron chi connectivity index (χ0n) is 20.0. The molecule has 0 unspecified atom stereocenters. The van der Waals surface area contributed by atoms with E-state index in [0.717, 1.165) is 36.3 Å². The molecule has 0 aliphatic carbocycles. The molecule has 1 aliphatic rings. The van der Waals surface area contributed by atoms with Crippen molar-refractivity contribution in [1.29, 1.82) is 0 Å². The van der Waals surface area contributed by atoms with Crippen molar-refractivity contribution >= 4 is 33.2 Å². The van der Waals surface area contributed by atoms with Crippen LogP contribution in [0.5, 0.6) is 0 Å². The Morgan fingerprint density at radius 1 is 0.943 bits per heavy atom. The molecule has 2 N–H and O–H groups in total. The summed E-state index contributed by atoms with van der Waals surface area (Å²) in [6.07, 6.45) is 2.53. The third-order valence-corrected chi connectivity index (χ3v) is 8.04. The number of hydrogen-bond donors (Lipinski definition) is 2. The van der Waals surface area contributed by atoms with Crippen LogP contribution >= 0.6 is 11.6 Å². The van der Waals surface area contributed by atoms with Crippen LogP contribution in [0.3, 0.4) is 0 Å². The molecule has 184 valence electrons. The molecule has 1 aliphatic heterocycles. The molecule has 3 aromatic rings. The van der Waals surface area contributed by atoms with Crippen molar-refractivity contribution in [2.24, 2.45) is 0 Å². The Morgan fingerprint density at radius 2 is 1.63 bits per heavy atom. The van der Waals surface area contributed by atoms with Crippen LogP contribution in [-0.4, -0.2) is 32.3 Å². The van der Waals surface area contributed by atoms with Gasteiger partial charge in [-0.2, -0.15) is 0 Å². The number of nitrogens with one attached hydrogen (secondary N) is 2. The molecule has 0 aromatic heterocycles. The standard InChI is InChI=1S/C27H30ClN3O3S/c1-19-5-12-25(20(2)15-19)30-35(33,34)26-16-23(10-11-24(26)28)27(32)29-17-21-6-8-22(9-7-21)18-31-13-3-4-14-31/h5-12,15-16,30H,3-4,13-14,17-18H2,1-2H3,(H,29,32). The molecule has 8 heteroatoms. The summed E-state index contributed by atoms with van der Waals surface area (Å²) in [6.45, 7) is 7.36. The molecule has 1 saturated heterocycles. The highest BCUT2D eigenvalue weighted by molar-refractivity contribution is 7.92. The van der Waals surface area contributed by atoms with Gasteiger partial charge in [0.25, 0.3) is 15.9 Å². The van der Waals surface area contributed by atoms with Crippen LogP contribution in [0.2, 0.25) is 5.02 Å². The maximum Gasteiger partial charge on any atom is 0.263 e. The lowest BCUT2D eigenvalue weighted by Gasteiger charge is -2.15. The number of rotatable bonds is 8. The molecular weight excluding hydrogens is 482 g/mol. The molecule has 4 rings (SSSR count). The molecule has 1 heterocycles. The highest BCUT2D eigenvalue weighted by atomic mass is 35.5. The molecule has 6 nitrogen and oxygen atoms in total. The highest BCUT2D eigenvalue weighted by Gasteiger charge is 2.21. The first-order chi connectivity index (χ1) is 16.7. The van der Waals surface area contributed by atoms with Crippen molar-refractivity contribution in [2.45, 2.75) is 44.7 Å². The van der Waals surface area contributed by atoms with Crippen LogP contribution < -0.4 is 10.0 Å². The number of benzene rings is 3. The molecule has 1 amide bonds. The Kier molecular flexibility index (Phi) is 7.79. The van der Waals surface area contributed by atoms with Gasteiger partial charge >= 0.3 is 0 Å². The van der Waals surface area contributed by atoms with Crippen molar-refractivity contribution in [3.05, 3.63) is 93.5 Å². The van der Waals surface area contributed by atoms with Gasteiger partial charge in [-0.3, -0.25) is 14.4 Å². The van der Waals surface area contributed by atoms with Crippen molar-refractivity contribution in [3.63, 3.8) is 0 Å². The van der Waals surface area contributed by atoms with E-state index in [0.29, 0.717) is 12.2 Å². The average molecular weight is 512 g/mol. The van der Waals surface area contributed by atoms with Crippen molar-refractivity contribution in [3.8, 4) is 0 Å². The summed E-state index contributed by atoms with van der Waals surface area (Å²) in [5.41, 5.74) is 4.75. The zero-order chi connectivity index (χ0) is 25.0. The number of aryl methyl sites for hydroxylation is 2. The van der Waals surface area contributed by atoms with Crippen molar-refractivity contribution < 1.29 is 13.2 Å². The molecule has 0 bridgehead atoms. The van der Waals surface area contributed by atoms with E-state index in [9.17, 15) is 13.2 Å². The zero-order valence-corrected chi connectivity index (χ0v) is 21.5. The van der Waals surface area contributed by atoms with Crippen LogP contribution in [0.1, 0.15) is 45.5 Å². The van der Waals surface area contributed by atoms with E-state index in [-0.39, 0.29) is 21.4 Å². The minimum Gasteiger partial charge on any atom is -0.348 e. The number of sulfonamides is 1. The number of halogens is 1. The number of anilines is 1. The largest absolute Gasteiger partial charge is 0.348 e. The van der Waals surface area contributed by atoms with Gasteiger partial charge in [0.2, 0.25) is 0 Å². The van der Waals surface area contributed by atoms with Gasteiger partial charge in [0.05, 0.1) is 10.7 Å². The molecule has 35 heavy (non-hydrogen) atoms. The van der Waals surface area contributed by atoms with Gasteiger partial charge in [-0.1, -0.05) is 53.6 Å².